The van der Waals surface area contributed by atoms with Crippen molar-refractivity contribution >= 4 is 55.4 Å². The Morgan fingerprint density at radius 3 is 2.20 bits per heavy atom. The second kappa shape index (κ2) is 23.9. The normalized spacial score (nSPS) is 15.7. The third-order valence-electron chi connectivity index (χ3n) is 13.8. The van der Waals surface area contributed by atoms with Crippen molar-refractivity contribution in [2.45, 2.75) is 92.3 Å². The Labute approximate surface area is 435 Å². The van der Waals surface area contributed by atoms with Crippen LogP contribution in [0.3, 0.4) is 0 Å². The first-order chi connectivity index (χ1) is 35.8. The Balaban J connectivity index is 0.000000184. The predicted octanol–water partition coefficient (Wildman–Crippen LogP) is 7.25. The van der Waals surface area contributed by atoms with E-state index < -0.39 is 21.8 Å². The van der Waals surface area contributed by atoms with Gasteiger partial charge >= 0.3 is 0 Å². The number of aromatic nitrogens is 9. The topological polar surface area (TPSA) is 222 Å². The van der Waals surface area contributed by atoms with Crippen molar-refractivity contribution in [3.8, 4) is 11.3 Å². The van der Waals surface area contributed by atoms with Gasteiger partial charge in [0.25, 0.3) is 15.7 Å². The molecule has 19 nitrogen and oxygen atoms in total. The standard InChI is InChI=1S/C28H33F2N7.C24H29N7O2.CH4O3S/c1-5-35-8-10-36(11-9-35)17-20-6-7-22(31-15-20)14-26-32-16-24(30)27(34-26)21-12-23(29)28-25(13-21)37(18(2)3)19(4)33-28;1-15-19-14-27-24(28-20-8-7-18(13-26-20)30-11-9-25-10-12-30)29-22(19)31(17-5-3-4-6-17)23(33)21(15)16(2)32;1-5(2,3)4/h6-7,12-13,15-16,18H,5,8-11,14,17H2,1-4H3;7-8,13-14,17,25H,3-6,9-12H2,1-2H3,(H,26,27,28,29);1H3,(H,2,3,4). The van der Waals surface area contributed by atoms with E-state index in [2.05, 4.69) is 68.2 Å². The van der Waals surface area contributed by atoms with Crippen LogP contribution in [-0.2, 0) is 23.1 Å². The fraction of sp³-hybridized carbons (Fsp3) is 0.453. The number of halogens is 2. The summed E-state index contributed by atoms with van der Waals surface area (Å²) in [4.78, 5) is 64.1. The predicted molar refractivity (Wildman–Crippen MR) is 286 cm³/mol. The molecule has 75 heavy (non-hydrogen) atoms. The van der Waals surface area contributed by atoms with Crippen molar-refractivity contribution < 1.29 is 26.5 Å². The number of pyridine rings is 3. The van der Waals surface area contributed by atoms with Crippen molar-refractivity contribution in [2.24, 2.45) is 0 Å². The van der Waals surface area contributed by atoms with E-state index in [1.807, 2.05) is 55.9 Å². The van der Waals surface area contributed by atoms with E-state index >= 15 is 0 Å². The maximum absolute atomic E-state index is 15.0. The molecule has 0 radical (unpaired) electrons. The van der Waals surface area contributed by atoms with Crippen LogP contribution in [0.4, 0.5) is 26.2 Å². The van der Waals surface area contributed by atoms with Gasteiger partial charge in [0.1, 0.15) is 34.3 Å². The molecular weight excluding hydrogens is 983 g/mol. The molecule has 2 aliphatic heterocycles. The van der Waals surface area contributed by atoms with Gasteiger partial charge in [0.2, 0.25) is 5.95 Å². The van der Waals surface area contributed by atoms with E-state index in [4.69, 9.17) is 9.54 Å². The Kier molecular flexibility index (Phi) is 17.4. The van der Waals surface area contributed by atoms with Crippen molar-refractivity contribution in [2.75, 3.05) is 75.4 Å². The third-order valence-corrected chi connectivity index (χ3v) is 13.8. The van der Waals surface area contributed by atoms with Crippen LogP contribution < -0.4 is 21.1 Å². The Morgan fingerprint density at radius 2 is 1.57 bits per heavy atom. The second-order valence-electron chi connectivity index (χ2n) is 19.6. The number of nitrogens with one attached hydrogen (secondary N) is 2. The molecule has 0 bridgehead atoms. The minimum atomic E-state index is -3.67. The van der Waals surface area contributed by atoms with Gasteiger partial charge in [0.15, 0.2) is 17.4 Å². The largest absolute Gasteiger partial charge is 0.368 e. The molecule has 3 aliphatic rings. The summed E-state index contributed by atoms with van der Waals surface area (Å²) in [7, 11) is -3.67. The number of hydrogen-bond donors (Lipinski definition) is 3. The van der Waals surface area contributed by atoms with Gasteiger partial charge in [-0.15, -0.1) is 0 Å². The van der Waals surface area contributed by atoms with Crippen LogP contribution in [0.25, 0.3) is 33.3 Å². The lowest BCUT2D eigenvalue weighted by molar-refractivity contribution is 0.101. The van der Waals surface area contributed by atoms with Crippen molar-refractivity contribution in [1.29, 1.82) is 0 Å². The summed E-state index contributed by atoms with van der Waals surface area (Å²) >= 11 is 0. The zero-order chi connectivity index (χ0) is 53.6. The van der Waals surface area contributed by atoms with Crippen LogP contribution in [0.2, 0.25) is 0 Å². The number of Topliss-reactive ketones (excluding diaryl/α,β-unsaturated/α-hetero) is 1. The summed E-state index contributed by atoms with van der Waals surface area (Å²) in [6, 6.07) is 11.2. The number of hydrogen-bond acceptors (Lipinski definition) is 16. The molecule has 3 N–H and O–H groups in total. The van der Waals surface area contributed by atoms with Gasteiger partial charge in [-0.25, -0.2) is 33.7 Å². The number of rotatable bonds is 12. The number of imidazole rings is 1. The molecule has 0 unspecified atom stereocenters. The van der Waals surface area contributed by atoms with Crippen LogP contribution in [0.15, 0.2) is 66.0 Å². The van der Waals surface area contributed by atoms with Crippen LogP contribution in [-0.4, -0.2) is 138 Å². The molecule has 1 aromatic carbocycles. The van der Waals surface area contributed by atoms with Crippen molar-refractivity contribution in [3.05, 3.63) is 117 Å². The number of fused-ring (bicyclic) bond motifs is 2. The second-order valence-corrected chi connectivity index (χ2v) is 21.0. The lowest BCUT2D eigenvalue weighted by Gasteiger charge is -2.33. The molecule has 398 valence electrons. The summed E-state index contributed by atoms with van der Waals surface area (Å²) in [6.45, 7) is 21.5. The number of carbonyl (C=O) groups excluding carboxylic acids is 1. The average Bonchev–Trinajstić information content (AvgIpc) is 4.05. The lowest BCUT2D eigenvalue weighted by atomic mass is 10.0. The summed E-state index contributed by atoms with van der Waals surface area (Å²) in [5.74, 6) is 0.849. The molecule has 0 atom stereocenters. The van der Waals surface area contributed by atoms with Crippen LogP contribution in [0, 0.1) is 25.5 Å². The number of aryl methyl sites for hydroxylation is 2. The first-order valence-corrected chi connectivity index (χ1v) is 27.3. The zero-order valence-electron chi connectivity index (χ0n) is 43.6. The van der Waals surface area contributed by atoms with Gasteiger partial charge in [0.05, 0.1) is 41.8 Å². The molecule has 22 heteroatoms. The van der Waals surface area contributed by atoms with E-state index in [1.165, 1.54) is 13.0 Å². The molecule has 1 saturated carbocycles. The van der Waals surface area contributed by atoms with Gasteiger partial charge < -0.3 is 25.0 Å². The van der Waals surface area contributed by atoms with E-state index in [0.29, 0.717) is 58.4 Å². The van der Waals surface area contributed by atoms with Gasteiger partial charge in [-0.05, 0) is 95.5 Å². The molecular formula is C53H66F2N14O5S. The fourth-order valence-corrected chi connectivity index (χ4v) is 10.1. The van der Waals surface area contributed by atoms with Gasteiger partial charge in [-0.2, -0.15) is 13.4 Å². The zero-order valence-corrected chi connectivity index (χ0v) is 44.5. The number of benzene rings is 1. The molecule has 10 rings (SSSR count). The van der Waals surface area contributed by atoms with Gasteiger partial charge in [0, 0.05) is 100 Å². The number of piperazine rings is 2. The highest BCUT2D eigenvalue weighted by Gasteiger charge is 2.26. The van der Waals surface area contributed by atoms with Crippen molar-refractivity contribution in [3.63, 3.8) is 0 Å². The third kappa shape index (κ3) is 13.4. The molecule has 1 aliphatic carbocycles. The first kappa shape index (κ1) is 54.5. The number of carbonyl (C=O) groups is 1. The molecule has 6 aromatic heterocycles. The summed E-state index contributed by atoms with van der Waals surface area (Å²) < 4.78 is 59.3. The summed E-state index contributed by atoms with van der Waals surface area (Å²) in [6.07, 6.45) is 11.6. The fourth-order valence-electron chi connectivity index (χ4n) is 10.1. The molecule has 0 spiro atoms. The van der Waals surface area contributed by atoms with Crippen LogP contribution in [0.1, 0.15) is 104 Å². The SMILES string of the molecule is CC(=O)c1c(C)c2cnc(Nc3ccc(N4CCNCC4)cn3)nc2n(C2CCCC2)c1=O.CCN1CCN(Cc2ccc(Cc3ncc(F)c(-c4cc(F)c5nc(C)n(C(C)C)c5c4)n3)nc2)CC1.CS(=O)(=O)O. The highest BCUT2D eigenvalue weighted by atomic mass is 32.2. The number of anilines is 3. The molecule has 8 heterocycles. The highest BCUT2D eigenvalue weighted by molar-refractivity contribution is 7.85. The number of likely N-dealkylation sites (N-methyl/N-ethyl adjacent to an activating group) is 1. The molecule has 3 fully saturated rings. The highest BCUT2D eigenvalue weighted by Crippen LogP contribution is 2.33. The molecule has 7 aromatic rings. The monoisotopic (exact) mass is 1050 g/mol. The Bertz CT molecular complexity index is 3310. The van der Waals surface area contributed by atoms with Gasteiger partial charge in [-0.1, -0.05) is 25.8 Å². The summed E-state index contributed by atoms with van der Waals surface area (Å²) in [5, 5.41) is 7.26. The quantitative estimate of drug-likeness (QED) is 0.0810. The van der Waals surface area contributed by atoms with Crippen LogP contribution in [0.5, 0.6) is 0 Å². The van der Waals surface area contributed by atoms with E-state index in [-0.39, 0.29) is 40.2 Å². The first-order valence-electron chi connectivity index (χ1n) is 25.5. The number of ketones is 1. The van der Waals surface area contributed by atoms with E-state index in [0.717, 1.165) is 120 Å². The average molecular weight is 1050 g/mol. The lowest BCUT2D eigenvalue weighted by Crippen LogP contribution is -2.45. The minimum Gasteiger partial charge on any atom is -0.368 e. The maximum atomic E-state index is 15.0. The van der Waals surface area contributed by atoms with E-state index in [1.54, 1.807) is 23.8 Å². The smallest absolute Gasteiger partial charge is 0.263 e. The van der Waals surface area contributed by atoms with Crippen molar-refractivity contribution in [1.82, 2.24) is 59.1 Å². The maximum Gasteiger partial charge on any atom is 0.263 e. The Hall–Kier alpha value is -6.72. The Morgan fingerprint density at radius 1 is 0.867 bits per heavy atom. The minimum absolute atomic E-state index is 0.0536. The van der Waals surface area contributed by atoms with E-state index in [9.17, 15) is 26.8 Å². The van der Waals surface area contributed by atoms with Crippen LogP contribution >= 0.6 is 0 Å². The summed E-state index contributed by atoms with van der Waals surface area (Å²) in [5.41, 5.74) is 5.59. The number of nitrogens with zero attached hydrogens (tertiary/aromatic N) is 12. The van der Waals surface area contributed by atoms with Gasteiger partial charge in [-0.3, -0.25) is 28.6 Å². The molecule has 0 amide bonds. The molecule has 2 saturated heterocycles.